The summed E-state index contributed by atoms with van der Waals surface area (Å²) >= 11 is 0. The summed E-state index contributed by atoms with van der Waals surface area (Å²) in [5, 5.41) is 1.48. The second kappa shape index (κ2) is 6.99. The quantitative estimate of drug-likeness (QED) is 0.711. The second-order valence-electron chi connectivity index (χ2n) is 8.33. The van der Waals surface area contributed by atoms with Crippen molar-refractivity contribution in [3.63, 3.8) is 0 Å². The van der Waals surface area contributed by atoms with E-state index >= 15 is 0 Å². The predicted octanol–water partition coefficient (Wildman–Crippen LogP) is 5.42. The molecule has 0 unspecified atom stereocenters. The van der Waals surface area contributed by atoms with E-state index in [1.165, 1.54) is 68.1 Å². The molecule has 2 nitrogen and oxygen atoms in total. The molecule has 134 valence electrons. The average molecular weight is 337 g/mol. The zero-order valence-corrected chi connectivity index (χ0v) is 16.1. The lowest BCUT2D eigenvalue weighted by Gasteiger charge is -2.23. The highest BCUT2D eigenvalue weighted by atomic mass is 15.1. The number of rotatable bonds is 2. The SMILES string of the molecule is CC(=Cn1c2c(c3cc(C)ccc31)CCN(C)CC2)C1CCCCC1. The van der Waals surface area contributed by atoms with E-state index in [0.29, 0.717) is 0 Å². The van der Waals surface area contributed by atoms with E-state index in [1.807, 2.05) is 0 Å². The first-order chi connectivity index (χ1) is 12.1. The van der Waals surface area contributed by atoms with Crippen molar-refractivity contribution in [2.24, 2.45) is 5.92 Å². The highest BCUT2D eigenvalue weighted by molar-refractivity contribution is 5.88. The van der Waals surface area contributed by atoms with Gasteiger partial charge in [0, 0.05) is 36.8 Å². The van der Waals surface area contributed by atoms with Crippen molar-refractivity contribution in [1.29, 1.82) is 0 Å². The minimum absolute atomic E-state index is 0.792. The average Bonchev–Trinajstić information content (AvgIpc) is 2.76. The molecular formula is C23H32N2. The molecule has 4 rings (SSSR count). The van der Waals surface area contributed by atoms with Gasteiger partial charge in [0.2, 0.25) is 0 Å². The molecule has 0 N–H and O–H groups in total. The Bertz CT molecular complexity index is 790. The molecular weight excluding hydrogens is 304 g/mol. The maximum atomic E-state index is 2.55. The fourth-order valence-corrected chi connectivity index (χ4v) is 4.82. The Hall–Kier alpha value is -1.54. The number of likely N-dealkylation sites (N-methyl/N-ethyl adjacent to an activating group) is 1. The summed E-state index contributed by atoms with van der Waals surface area (Å²) in [6.07, 6.45) is 11.8. The number of fused-ring (bicyclic) bond motifs is 3. The van der Waals surface area contributed by atoms with Gasteiger partial charge in [0.15, 0.2) is 0 Å². The van der Waals surface area contributed by atoms with E-state index in [2.05, 4.69) is 54.8 Å². The largest absolute Gasteiger partial charge is 0.320 e. The number of hydrogen-bond acceptors (Lipinski definition) is 1. The molecule has 0 spiro atoms. The summed E-state index contributed by atoms with van der Waals surface area (Å²) in [5.74, 6) is 0.792. The molecule has 0 radical (unpaired) electrons. The van der Waals surface area contributed by atoms with E-state index in [9.17, 15) is 0 Å². The summed E-state index contributed by atoms with van der Waals surface area (Å²) in [7, 11) is 2.26. The summed E-state index contributed by atoms with van der Waals surface area (Å²) in [5.41, 5.74) is 7.52. The Morgan fingerprint density at radius 1 is 1.08 bits per heavy atom. The van der Waals surface area contributed by atoms with Crippen molar-refractivity contribution in [3.8, 4) is 0 Å². The predicted molar refractivity (Wildman–Crippen MR) is 108 cm³/mol. The maximum absolute atomic E-state index is 2.55. The zero-order valence-electron chi connectivity index (χ0n) is 16.1. The van der Waals surface area contributed by atoms with Crippen molar-refractivity contribution in [3.05, 3.63) is 40.6 Å². The molecule has 0 atom stereocenters. The van der Waals surface area contributed by atoms with Gasteiger partial charge in [0.25, 0.3) is 0 Å². The minimum atomic E-state index is 0.792. The molecule has 1 aromatic heterocycles. The van der Waals surface area contributed by atoms with E-state index in [-0.39, 0.29) is 0 Å². The lowest BCUT2D eigenvalue weighted by atomic mass is 9.85. The number of benzene rings is 1. The summed E-state index contributed by atoms with van der Waals surface area (Å²) in [6, 6.07) is 7.02. The molecule has 1 aliphatic heterocycles. The number of aryl methyl sites for hydroxylation is 1. The van der Waals surface area contributed by atoms with Crippen LogP contribution in [0.4, 0.5) is 0 Å². The van der Waals surface area contributed by atoms with Crippen LogP contribution in [-0.2, 0) is 12.8 Å². The third kappa shape index (κ3) is 3.29. The fraction of sp³-hybridized carbons (Fsp3) is 0.565. The molecule has 0 amide bonds. The Balaban J connectivity index is 1.82. The first-order valence-corrected chi connectivity index (χ1v) is 10.1. The van der Waals surface area contributed by atoms with E-state index in [0.717, 1.165) is 12.3 Å². The van der Waals surface area contributed by atoms with Crippen molar-refractivity contribution in [2.45, 2.75) is 58.8 Å². The van der Waals surface area contributed by atoms with E-state index in [1.54, 1.807) is 16.8 Å². The minimum Gasteiger partial charge on any atom is -0.320 e. The zero-order chi connectivity index (χ0) is 17.4. The standard InChI is InChI=1S/C23H32N2/c1-17-9-10-22-21(15-17)20-11-13-24(3)14-12-23(20)25(22)16-18(2)19-7-5-4-6-8-19/h9-10,15-16,19H,4-8,11-14H2,1-3H3. The molecule has 2 aliphatic rings. The molecule has 1 aliphatic carbocycles. The molecule has 2 heteroatoms. The van der Waals surface area contributed by atoms with Gasteiger partial charge in [-0.05, 0) is 63.8 Å². The van der Waals surface area contributed by atoms with Crippen molar-refractivity contribution in [2.75, 3.05) is 20.1 Å². The van der Waals surface area contributed by atoms with Gasteiger partial charge in [-0.15, -0.1) is 0 Å². The van der Waals surface area contributed by atoms with Gasteiger partial charge in [-0.2, -0.15) is 0 Å². The van der Waals surface area contributed by atoms with Crippen LogP contribution in [0.5, 0.6) is 0 Å². The van der Waals surface area contributed by atoms with E-state index < -0.39 is 0 Å². The first kappa shape index (κ1) is 16.9. The van der Waals surface area contributed by atoms with Crippen LogP contribution in [0.25, 0.3) is 17.1 Å². The van der Waals surface area contributed by atoms with E-state index in [4.69, 9.17) is 0 Å². The highest BCUT2D eigenvalue weighted by Crippen LogP contribution is 2.34. The summed E-state index contributed by atoms with van der Waals surface area (Å²) in [6.45, 7) is 6.92. The lowest BCUT2D eigenvalue weighted by molar-refractivity contribution is 0.351. The van der Waals surface area contributed by atoms with Gasteiger partial charge in [-0.3, -0.25) is 0 Å². The third-order valence-electron chi connectivity index (χ3n) is 6.43. The Morgan fingerprint density at radius 2 is 1.84 bits per heavy atom. The Labute approximate surface area is 152 Å². The third-order valence-corrected chi connectivity index (χ3v) is 6.43. The summed E-state index contributed by atoms with van der Waals surface area (Å²) in [4.78, 5) is 2.48. The highest BCUT2D eigenvalue weighted by Gasteiger charge is 2.21. The number of nitrogens with zero attached hydrogens (tertiary/aromatic N) is 2. The molecule has 25 heavy (non-hydrogen) atoms. The van der Waals surface area contributed by atoms with Crippen LogP contribution in [0.1, 0.15) is 55.8 Å². The van der Waals surface area contributed by atoms with Crippen molar-refractivity contribution < 1.29 is 0 Å². The van der Waals surface area contributed by atoms with Crippen LogP contribution < -0.4 is 0 Å². The number of allylic oxidation sites excluding steroid dienone is 1. The topological polar surface area (TPSA) is 8.17 Å². The maximum Gasteiger partial charge on any atom is 0.0528 e. The van der Waals surface area contributed by atoms with Gasteiger partial charge in [0.1, 0.15) is 0 Å². The van der Waals surface area contributed by atoms with Gasteiger partial charge < -0.3 is 9.47 Å². The first-order valence-electron chi connectivity index (χ1n) is 10.1. The van der Waals surface area contributed by atoms with Gasteiger partial charge in [-0.25, -0.2) is 0 Å². The van der Waals surface area contributed by atoms with Crippen molar-refractivity contribution in [1.82, 2.24) is 9.47 Å². The second-order valence-corrected chi connectivity index (χ2v) is 8.33. The molecule has 2 heterocycles. The van der Waals surface area contributed by atoms with Crippen LogP contribution in [0.3, 0.4) is 0 Å². The molecule has 1 fully saturated rings. The van der Waals surface area contributed by atoms with Gasteiger partial charge in [0.05, 0.1) is 5.52 Å². The normalized spacial score (nSPS) is 20.7. The van der Waals surface area contributed by atoms with Crippen LogP contribution in [0.2, 0.25) is 0 Å². The lowest BCUT2D eigenvalue weighted by Crippen LogP contribution is -2.21. The number of aromatic nitrogens is 1. The molecule has 0 saturated heterocycles. The fourth-order valence-electron chi connectivity index (χ4n) is 4.82. The monoisotopic (exact) mass is 336 g/mol. The smallest absolute Gasteiger partial charge is 0.0528 e. The number of hydrogen-bond donors (Lipinski definition) is 0. The molecule has 1 aromatic carbocycles. The Kier molecular flexibility index (Phi) is 4.73. The summed E-state index contributed by atoms with van der Waals surface area (Å²) < 4.78 is 2.55. The molecule has 0 bridgehead atoms. The van der Waals surface area contributed by atoms with Crippen LogP contribution in [0.15, 0.2) is 23.8 Å². The van der Waals surface area contributed by atoms with Crippen molar-refractivity contribution >= 4 is 17.1 Å². The molecule has 1 saturated carbocycles. The Morgan fingerprint density at radius 3 is 2.64 bits per heavy atom. The van der Waals surface area contributed by atoms with Gasteiger partial charge in [-0.1, -0.05) is 36.5 Å². The van der Waals surface area contributed by atoms with Crippen LogP contribution in [-0.4, -0.2) is 29.6 Å². The van der Waals surface area contributed by atoms with Crippen LogP contribution >= 0.6 is 0 Å². The van der Waals surface area contributed by atoms with Crippen LogP contribution in [0, 0.1) is 12.8 Å². The molecule has 2 aromatic rings. The van der Waals surface area contributed by atoms with Gasteiger partial charge >= 0.3 is 0 Å².